The van der Waals surface area contributed by atoms with Gasteiger partial charge in [0.15, 0.2) is 5.96 Å². The monoisotopic (exact) mass is 557 g/mol. The molecule has 0 bridgehead atoms. The Hall–Kier alpha value is -4.71. The van der Waals surface area contributed by atoms with Gasteiger partial charge >= 0.3 is 0 Å². The molecule has 0 saturated heterocycles. The van der Waals surface area contributed by atoms with Gasteiger partial charge in [0.1, 0.15) is 0 Å². The lowest BCUT2D eigenvalue weighted by Gasteiger charge is -2.08. The van der Waals surface area contributed by atoms with Crippen LogP contribution in [0, 0.1) is 13.8 Å². The lowest BCUT2D eigenvalue weighted by Crippen LogP contribution is -2.34. The number of amides is 1. The fourth-order valence-electron chi connectivity index (χ4n) is 3.95. The van der Waals surface area contributed by atoms with E-state index < -0.39 is 0 Å². The van der Waals surface area contributed by atoms with Crippen LogP contribution < -0.4 is 22.1 Å². The molecule has 0 fully saturated rings. The molecule has 0 saturated carbocycles. The zero-order chi connectivity index (χ0) is 29.8. The molecule has 0 aliphatic rings. The van der Waals surface area contributed by atoms with E-state index in [0.717, 1.165) is 59.1 Å². The largest absolute Gasteiger partial charge is 0.370 e. The van der Waals surface area contributed by atoms with Gasteiger partial charge in [0.2, 0.25) is 17.8 Å². The standard InChI is InChI=1S/C17H26N6.C12H13N5O/c1-13-14-9-5-6-10-15(14)21-17(20-13)22-16(18)19-11-7-4-8-12-23(2)3;1-7-9-5-3-4-6-10(9)16-12(14-7)17-11(13)15-8(2)18/h5-6,9-10H,4,7-8,11-12H2,1-3H3,(H3,18,19,20,21,22);3-6H,1-2H3,(H3,13,14,15,16,17,18). The number of carbonyl (C=O) groups excluding carboxylic acids is 1. The maximum Gasteiger partial charge on any atom is 0.253 e. The van der Waals surface area contributed by atoms with Crippen molar-refractivity contribution in [2.75, 3.05) is 32.5 Å². The molecular weight excluding hydrogens is 518 g/mol. The quantitative estimate of drug-likeness (QED) is 0.144. The molecule has 12 heteroatoms. The highest BCUT2D eigenvalue weighted by molar-refractivity contribution is 5.96. The number of hydrogen-bond donors (Lipinski definition) is 4. The lowest BCUT2D eigenvalue weighted by atomic mass is 10.2. The Morgan fingerprint density at radius 1 is 0.829 bits per heavy atom. The molecular formula is C29H39N11O. The number of carbonyl (C=O) groups is 1. The Morgan fingerprint density at radius 2 is 1.44 bits per heavy atom. The number of anilines is 1. The van der Waals surface area contributed by atoms with Crippen molar-refractivity contribution in [3.8, 4) is 0 Å². The summed E-state index contributed by atoms with van der Waals surface area (Å²) in [6, 6.07) is 15.5. The normalized spacial score (nSPS) is 11.9. The summed E-state index contributed by atoms with van der Waals surface area (Å²) in [5.74, 6) is 0.797. The third kappa shape index (κ3) is 10.1. The Balaban J connectivity index is 0.000000232. The summed E-state index contributed by atoms with van der Waals surface area (Å²) in [5.41, 5.74) is 14.9. The lowest BCUT2D eigenvalue weighted by molar-refractivity contribution is -0.117. The first-order valence-corrected chi connectivity index (χ1v) is 13.4. The van der Waals surface area contributed by atoms with Crippen LogP contribution in [0.5, 0.6) is 0 Å². The van der Waals surface area contributed by atoms with E-state index in [-0.39, 0.29) is 17.8 Å². The number of unbranched alkanes of at least 4 members (excludes halogenated alkanes) is 2. The number of nitrogens with one attached hydrogen (secondary N) is 2. The maximum atomic E-state index is 10.8. The number of aliphatic imine (C=N–C) groups is 2. The molecule has 1 amide bonds. The van der Waals surface area contributed by atoms with Gasteiger partial charge in [-0.15, -0.1) is 0 Å². The van der Waals surface area contributed by atoms with Gasteiger partial charge < -0.3 is 16.4 Å². The van der Waals surface area contributed by atoms with Crippen LogP contribution in [0.1, 0.15) is 37.6 Å². The van der Waals surface area contributed by atoms with Crippen LogP contribution in [-0.2, 0) is 4.79 Å². The average Bonchev–Trinajstić information content (AvgIpc) is 2.90. The minimum atomic E-state index is -0.284. The molecule has 2 aromatic heterocycles. The molecule has 0 spiro atoms. The summed E-state index contributed by atoms with van der Waals surface area (Å²) in [5, 5.41) is 7.37. The van der Waals surface area contributed by atoms with E-state index in [2.05, 4.69) is 59.5 Å². The smallest absolute Gasteiger partial charge is 0.253 e. The molecule has 4 rings (SSSR count). The topological polar surface area (TPSA) is 173 Å². The first kappa shape index (κ1) is 30.8. The number of rotatable bonds is 8. The molecule has 216 valence electrons. The van der Waals surface area contributed by atoms with Crippen molar-refractivity contribution in [2.45, 2.75) is 40.0 Å². The Morgan fingerprint density at radius 3 is 2.07 bits per heavy atom. The number of aryl methyl sites for hydroxylation is 2. The summed E-state index contributed by atoms with van der Waals surface area (Å²) >= 11 is 0. The zero-order valence-corrected chi connectivity index (χ0v) is 24.3. The van der Waals surface area contributed by atoms with Crippen molar-refractivity contribution in [1.29, 1.82) is 0 Å². The number of guanidine groups is 2. The van der Waals surface area contributed by atoms with E-state index in [0.29, 0.717) is 11.9 Å². The number of benzene rings is 2. The Bertz CT molecular complexity index is 1530. The van der Waals surface area contributed by atoms with Crippen molar-refractivity contribution in [3.63, 3.8) is 0 Å². The average molecular weight is 558 g/mol. The van der Waals surface area contributed by atoms with Crippen LogP contribution >= 0.6 is 0 Å². The summed E-state index contributed by atoms with van der Waals surface area (Å²) in [6.07, 6.45) is 3.37. The molecule has 2 aromatic carbocycles. The number of nitrogens with zero attached hydrogens (tertiary/aromatic N) is 7. The van der Waals surface area contributed by atoms with E-state index in [1.807, 2.05) is 62.4 Å². The summed E-state index contributed by atoms with van der Waals surface area (Å²) in [4.78, 5) is 38.7. The molecule has 41 heavy (non-hydrogen) atoms. The number of para-hydroxylation sites is 2. The molecule has 12 nitrogen and oxygen atoms in total. The second-order valence-corrected chi connectivity index (χ2v) is 9.71. The SMILES string of the molecule is CC(=O)N/C(N)=N/c1nc(C)c2ccccc2n1.Cc1nc(NC(N)=NCCCCCN(C)C)nc2ccccc12. The van der Waals surface area contributed by atoms with Crippen molar-refractivity contribution < 1.29 is 4.79 Å². The van der Waals surface area contributed by atoms with E-state index in [1.165, 1.54) is 13.3 Å². The van der Waals surface area contributed by atoms with E-state index in [9.17, 15) is 4.79 Å². The van der Waals surface area contributed by atoms with Crippen molar-refractivity contribution in [1.82, 2.24) is 30.2 Å². The van der Waals surface area contributed by atoms with Gasteiger partial charge in [-0.1, -0.05) is 42.8 Å². The van der Waals surface area contributed by atoms with Crippen LogP contribution in [0.25, 0.3) is 21.8 Å². The number of aromatic nitrogens is 4. The van der Waals surface area contributed by atoms with Crippen LogP contribution in [0.3, 0.4) is 0 Å². The van der Waals surface area contributed by atoms with Crippen molar-refractivity contribution in [3.05, 3.63) is 59.9 Å². The van der Waals surface area contributed by atoms with Gasteiger partial charge in [0.25, 0.3) is 5.95 Å². The van der Waals surface area contributed by atoms with Crippen LogP contribution in [-0.4, -0.2) is 69.8 Å². The molecule has 0 radical (unpaired) electrons. The molecule has 0 atom stereocenters. The fourth-order valence-corrected chi connectivity index (χ4v) is 3.95. The Labute approximate surface area is 240 Å². The fraction of sp³-hybridized carbons (Fsp3) is 0.345. The second-order valence-electron chi connectivity index (χ2n) is 9.71. The van der Waals surface area contributed by atoms with E-state index in [1.54, 1.807) is 0 Å². The highest BCUT2D eigenvalue weighted by Crippen LogP contribution is 2.18. The minimum absolute atomic E-state index is 0.0165. The van der Waals surface area contributed by atoms with Crippen molar-refractivity contribution >= 4 is 51.5 Å². The number of nitrogens with two attached hydrogens (primary N) is 2. The van der Waals surface area contributed by atoms with E-state index in [4.69, 9.17) is 11.5 Å². The minimum Gasteiger partial charge on any atom is -0.370 e. The summed E-state index contributed by atoms with van der Waals surface area (Å²) < 4.78 is 0. The van der Waals surface area contributed by atoms with Gasteiger partial charge in [-0.2, -0.15) is 4.99 Å². The van der Waals surface area contributed by atoms with Crippen LogP contribution in [0.15, 0.2) is 58.5 Å². The highest BCUT2D eigenvalue weighted by Gasteiger charge is 2.06. The van der Waals surface area contributed by atoms with Crippen LogP contribution in [0.2, 0.25) is 0 Å². The first-order valence-electron chi connectivity index (χ1n) is 13.4. The second kappa shape index (κ2) is 15.2. The molecule has 2 heterocycles. The highest BCUT2D eigenvalue weighted by atomic mass is 16.1. The predicted octanol–water partition coefficient (Wildman–Crippen LogP) is 3.42. The van der Waals surface area contributed by atoms with Gasteiger partial charge in [-0.05, 0) is 59.5 Å². The van der Waals surface area contributed by atoms with Crippen molar-refractivity contribution in [2.24, 2.45) is 21.5 Å². The van der Waals surface area contributed by atoms with Crippen LogP contribution in [0.4, 0.5) is 11.9 Å². The third-order valence-electron chi connectivity index (χ3n) is 5.89. The number of hydrogen-bond acceptors (Lipinski definition) is 8. The predicted molar refractivity (Wildman–Crippen MR) is 166 cm³/mol. The molecule has 0 aliphatic heterocycles. The molecule has 0 unspecified atom stereocenters. The molecule has 6 N–H and O–H groups in total. The van der Waals surface area contributed by atoms with Gasteiger partial charge in [0.05, 0.1) is 22.4 Å². The zero-order valence-electron chi connectivity index (χ0n) is 24.3. The molecule has 0 aliphatic carbocycles. The van der Waals surface area contributed by atoms with Gasteiger partial charge in [-0.25, -0.2) is 19.9 Å². The van der Waals surface area contributed by atoms with E-state index >= 15 is 0 Å². The molecule has 4 aromatic rings. The maximum absolute atomic E-state index is 10.8. The summed E-state index contributed by atoms with van der Waals surface area (Å²) in [6.45, 7) is 7.03. The van der Waals surface area contributed by atoms with Gasteiger partial charge in [-0.3, -0.25) is 20.4 Å². The summed E-state index contributed by atoms with van der Waals surface area (Å²) in [7, 11) is 4.18. The Kier molecular flexibility index (Phi) is 11.4. The van der Waals surface area contributed by atoms with Gasteiger partial charge in [0, 0.05) is 24.2 Å². The first-order chi connectivity index (χ1) is 19.6. The third-order valence-corrected chi connectivity index (χ3v) is 5.89. The number of fused-ring (bicyclic) bond motifs is 2.